The van der Waals surface area contributed by atoms with Gasteiger partial charge in [0.25, 0.3) is 0 Å². The fourth-order valence-corrected chi connectivity index (χ4v) is 6.10. The SMILES string of the molecule is CC(C)(C)OC(=O)COCc1ccccc1C1CCC(OCC2N(C(=O)O)CCCC23COCC(=O)N3)CC1. The number of carbonyl (C=O) groups is 3. The molecular formula is C29H42N2O8. The Hall–Kier alpha value is -2.69. The number of esters is 1. The fraction of sp³-hybridized carbons (Fsp3) is 0.690. The number of ether oxygens (including phenoxy) is 4. The van der Waals surface area contributed by atoms with Gasteiger partial charge in [-0.15, -0.1) is 0 Å². The second-order valence-electron chi connectivity index (χ2n) is 11.9. The van der Waals surface area contributed by atoms with Crippen LogP contribution in [0.25, 0.3) is 0 Å². The Morgan fingerprint density at radius 3 is 2.62 bits per heavy atom. The van der Waals surface area contributed by atoms with Crippen molar-refractivity contribution in [2.45, 2.75) is 95.1 Å². The van der Waals surface area contributed by atoms with Gasteiger partial charge in [0, 0.05) is 6.54 Å². The average Bonchev–Trinajstić information content (AvgIpc) is 2.87. The number of hydrogen-bond donors (Lipinski definition) is 2. The number of amides is 2. The smallest absolute Gasteiger partial charge is 0.407 e. The standard InChI is InChI=1S/C29H42N2O8/c1-28(2,3)39-26(33)18-36-15-21-7-4-5-8-23(21)20-9-11-22(12-10-20)38-16-24-29(19-37-17-25(32)30-29)13-6-14-31(24)27(34)35/h4-5,7-8,20,22,24H,6,9-19H2,1-3H3,(H,30,32)(H,34,35). The van der Waals surface area contributed by atoms with Crippen molar-refractivity contribution in [2.75, 3.05) is 33.0 Å². The van der Waals surface area contributed by atoms with E-state index in [9.17, 15) is 19.5 Å². The highest BCUT2D eigenvalue weighted by Gasteiger charge is 2.49. The zero-order chi connectivity index (χ0) is 28.0. The van der Waals surface area contributed by atoms with Crippen LogP contribution in [0.1, 0.15) is 76.3 Å². The van der Waals surface area contributed by atoms with E-state index in [-0.39, 0.29) is 44.4 Å². The van der Waals surface area contributed by atoms with Gasteiger partial charge in [-0.1, -0.05) is 24.3 Å². The summed E-state index contributed by atoms with van der Waals surface area (Å²) in [5.41, 5.74) is 1.01. The summed E-state index contributed by atoms with van der Waals surface area (Å²) in [5.74, 6) is -0.236. The molecule has 1 spiro atoms. The van der Waals surface area contributed by atoms with E-state index < -0.39 is 23.3 Å². The molecule has 3 aliphatic rings. The van der Waals surface area contributed by atoms with Crippen LogP contribution in [0.4, 0.5) is 4.79 Å². The van der Waals surface area contributed by atoms with E-state index in [1.807, 2.05) is 39.0 Å². The topological polar surface area (TPSA) is 124 Å². The van der Waals surface area contributed by atoms with Crippen LogP contribution in [0.2, 0.25) is 0 Å². The molecule has 1 aliphatic carbocycles. The summed E-state index contributed by atoms with van der Waals surface area (Å²) in [6.45, 7) is 6.67. The lowest BCUT2D eigenvalue weighted by molar-refractivity contribution is -0.160. The minimum absolute atomic E-state index is 0.0000699. The Morgan fingerprint density at radius 1 is 1.18 bits per heavy atom. The van der Waals surface area contributed by atoms with E-state index >= 15 is 0 Å². The summed E-state index contributed by atoms with van der Waals surface area (Å²) in [4.78, 5) is 37.5. The number of carbonyl (C=O) groups excluding carboxylic acids is 2. The second-order valence-corrected chi connectivity index (χ2v) is 11.9. The molecule has 3 fully saturated rings. The number of rotatable bonds is 8. The van der Waals surface area contributed by atoms with Crippen LogP contribution >= 0.6 is 0 Å². The molecule has 1 aromatic rings. The van der Waals surface area contributed by atoms with Gasteiger partial charge in [-0.2, -0.15) is 0 Å². The number of likely N-dealkylation sites (tertiary alicyclic amines) is 1. The predicted octanol–water partition coefficient (Wildman–Crippen LogP) is 3.62. The molecule has 10 heteroatoms. The van der Waals surface area contributed by atoms with Gasteiger partial charge in [-0.3, -0.25) is 4.79 Å². The second kappa shape index (κ2) is 12.7. The minimum atomic E-state index is -1.00. The summed E-state index contributed by atoms with van der Waals surface area (Å²) < 4.78 is 22.9. The Labute approximate surface area is 230 Å². The third-order valence-corrected chi connectivity index (χ3v) is 7.82. The first-order chi connectivity index (χ1) is 18.6. The Balaban J connectivity index is 1.31. The Kier molecular flexibility index (Phi) is 9.51. The third-order valence-electron chi connectivity index (χ3n) is 7.82. The van der Waals surface area contributed by atoms with E-state index in [1.54, 1.807) is 0 Å². The van der Waals surface area contributed by atoms with Gasteiger partial charge < -0.3 is 34.3 Å². The molecule has 216 valence electrons. The first-order valence-electron chi connectivity index (χ1n) is 13.9. The molecular weight excluding hydrogens is 504 g/mol. The molecule has 2 aliphatic heterocycles. The summed E-state index contributed by atoms with van der Waals surface area (Å²) in [6.07, 6.45) is 3.93. The first-order valence-corrected chi connectivity index (χ1v) is 13.9. The third kappa shape index (κ3) is 7.70. The van der Waals surface area contributed by atoms with Crippen LogP contribution < -0.4 is 5.32 Å². The van der Waals surface area contributed by atoms with Gasteiger partial charge in [0.1, 0.15) is 18.8 Å². The number of nitrogens with zero attached hydrogens (tertiary/aromatic N) is 1. The molecule has 2 heterocycles. The van der Waals surface area contributed by atoms with E-state index in [2.05, 4.69) is 11.4 Å². The van der Waals surface area contributed by atoms with Crippen LogP contribution in [0, 0.1) is 0 Å². The normalized spacial score (nSPS) is 27.7. The van der Waals surface area contributed by atoms with Gasteiger partial charge >= 0.3 is 12.1 Å². The summed E-state index contributed by atoms with van der Waals surface area (Å²) in [6, 6.07) is 7.68. The van der Waals surface area contributed by atoms with Gasteiger partial charge in [0.15, 0.2) is 0 Å². The number of nitrogens with one attached hydrogen (secondary N) is 1. The van der Waals surface area contributed by atoms with Crippen LogP contribution in [-0.4, -0.2) is 84.2 Å². The van der Waals surface area contributed by atoms with Crippen LogP contribution in [0.5, 0.6) is 0 Å². The summed E-state index contributed by atoms with van der Waals surface area (Å²) >= 11 is 0. The molecule has 2 saturated heterocycles. The van der Waals surface area contributed by atoms with Gasteiger partial charge in [0.05, 0.1) is 37.5 Å². The molecule has 0 radical (unpaired) electrons. The number of morpholine rings is 1. The van der Waals surface area contributed by atoms with Crippen molar-refractivity contribution < 1.29 is 38.4 Å². The van der Waals surface area contributed by atoms with E-state index in [0.717, 1.165) is 31.2 Å². The maximum Gasteiger partial charge on any atom is 0.407 e. The lowest BCUT2D eigenvalue weighted by Gasteiger charge is -2.50. The fourth-order valence-electron chi connectivity index (χ4n) is 6.10. The van der Waals surface area contributed by atoms with Crippen LogP contribution in [0.15, 0.2) is 24.3 Å². The number of benzene rings is 1. The Morgan fingerprint density at radius 2 is 1.92 bits per heavy atom. The molecule has 39 heavy (non-hydrogen) atoms. The van der Waals surface area contributed by atoms with Gasteiger partial charge in [0.2, 0.25) is 5.91 Å². The summed E-state index contributed by atoms with van der Waals surface area (Å²) in [5, 5.41) is 12.9. The van der Waals surface area contributed by atoms with E-state index in [1.165, 1.54) is 10.5 Å². The molecule has 1 aromatic carbocycles. The molecule has 1 saturated carbocycles. The minimum Gasteiger partial charge on any atom is -0.465 e. The predicted molar refractivity (Wildman–Crippen MR) is 142 cm³/mol. The largest absolute Gasteiger partial charge is 0.465 e. The maximum atomic E-state index is 12.1. The maximum absolute atomic E-state index is 12.1. The molecule has 2 amide bonds. The van der Waals surface area contributed by atoms with Crippen molar-refractivity contribution in [3.8, 4) is 0 Å². The quantitative estimate of drug-likeness (QED) is 0.474. The molecule has 2 unspecified atom stereocenters. The number of hydrogen-bond acceptors (Lipinski definition) is 7. The van der Waals surface area contributed by atoms with Gasteiger partial charge in [-0.05, 0) is 76.3 Å². The van der Waals surface area contributed by atoms with Crippen LogP contribution in [0.3, 0.4) is 0 Å². The highest BCUT2D eigenvalue weighted by molar-refractivity contribution is 5.79. The molecule has 4 rings (SSSR count). The highest BCUT2D eigenvalue weighted by atomic mass is 16.6. The number of piperidine rings is 1. The Bertz CT molecular complexity index is 1010. The monoisotopic (exact) mass is 546 g/mol. The van der Waals surface area contributed by atoms with Crippen LogP contribution in [-0.2, 0) is 35.1 Å². The summed E-state index contributed by atoms with van der Waals surface area (Å²) in [7, 11) is 0. The number of carboxylic acid groups (broad SMARTS) is 1. The van der Waals surface area contributed by atoms with Crippen molar-refractivity contribution in [1.82, 2.24) is 10.2 Å². The average molecular weight is 547 g/mol. The van der Waals surface area contributed by atoms with Crippen molar-refractivity contribution in [3.63, 3.8) is 0 Å². The molecule has 2 atom stereocenters. The first kappa shape index (κ1) is 29.3. The van der Waals surface area contributed by atoms with Crippen molar-refractivity contribution in [3.05, 3.63) is 35.4 Å². The van der Waals surface area contributed by atoms with Gasteiger partial charge in [-0.25, -0.2) is 9.59 Å². The zero-order valence-corrected chi connectivity index (χ0v) is 23.3. The molecule has 0 bridgehead atoms. The lowest BCUT2D eigenvalue weighted by Crippen LogP contribution is -2.71. The molecule has 0 aromatic heterocycles. The van der Waals surface area contributed by atoms with E-state index in [0.29, 0.717) is 31.9 Å². The molecule has 2 N–H and O–H groups in total. The zero-order valence-electron chi connectivity index (χ0n) is 23.3. The van der Waals surface area contributed by atoms with Crippen molar-refractivity contribution in [2.24, 2.45) is 0 Å². The highest BCUT2D eigenvalue weighted by Crippen LogP contribution is 2.37. The lowest BCUT2D eigenvalue weighted by atomic mass is 9.80. The van der Waals surface area contributed by atoms with Crippen molar-refractivity contribution >= 4 is 18.0 Å². The molecule has 10 nitrogen and oxygen atoms in total. The van der Waals surface area contributed by atoms with Crippen molar-refractivity contribution in [1.29, 1.82) is 0 Å². The van der Waals surface area contributed by atoms with E-state index in [4.69, 9.17) is 18.9 Å².